The summed E-state index contributed by atoms with van der Waals surface area (Å²) in [5.41, 5.74) is 2.38. The summed E-state index contributed by atoms with van der Waals surface area (Å²) in [6.07, 6.45) is 5.55. The first-order chi connectivity index (χ1) is 16.6. The lowest BCUT2D eigenvalue weighted by Crippen LogP contribution is -2.38. The largest absolute Gasteiger partial charge is 0.479 e. The molecule has 4 atom stereocenters. The number of hydrogen-bond donors (Lipinski definition) is 2. The molecule has 0 bridgehead atoms. The van der Waals surface area contributed by atoms with Crippen molar-refractivity contribution in [3.63, 3.8) is 0 Å². The summed E-state index contributed by atoms with van der Waals surface area (Å²) in [6.45, 7) is 0.689. The Kier molecular flexibility index (Phi) is 5.43. The Balaban J connectivity index is 1.26. The van der Waals surface area contributed by atoms with Gasteiger partial charge in [0, 0.05) is 19.4 Å². The maximum Gasteiger partial charge on any atom is 0.335 e. The summed E-state index contributed by atoms with van der Waals surface area (Å²) < 4.78 is 20.3. The highest BCUT2D eigenvalue weighted by Crippen LogP contribution is 2.48. The molecular weight excluding hydrogens is 438 g/mol. The van der Waals surface area contributed by atoms with Gasteiger partial charge in [-0.15, -0.1) is 0 Å². The standard InChI is InChI=1S/C24H27N5O5/c30-23(31)19-17-18(34-24(33-17)10-5-2-6-11-24)22(32-19)29-14-28-16-20(26-13-27-21(16)29)25-12-9-15-7-3-1-4-8-15/h1,3-4,7-8,13-14,17-19,22H,2,5-6,9-12H2,(H,30,31)(H,25,26,27)/t17?,18?,19-,22+/m0/s1. The van der Waals surface area contributed by atoms with Gasteiger partial charge in [0.15, 0.2) is 35.1 Å². The second-order valence-corrected chi connectivity index (χ2v) is 9.13. The molecule has 34 heavy (non-hydrogen) atoms. The molecule has 10 heteroatoms. The van der Waals surface area contributed by atoms with Crippen LogP contribution in [-0.2, 0) is 25.4 Å². The van der Waals surface area contributed by atoms with Gasteiger partial charge in [-0.25, -0.2) is 19.7 Å². The average molecular weight is 466 g/mol. The van der Waals surface area contributed by atoms with E-state index >= 15 is 0 Å². The Bertz CT molecular complexity index is 1180. The first kappa shape index (κ1) is 21.5. The van der Waals surface area contributed by atoms with E-state index in [2.05, 4.69) is 32.4 Å². The third-order valence-corrected chi connectivity index (χ3v) is 6.93. The minimum absolute atomic E-state index is 0.555. The Morgan fingerprint density at radius 2 is 1.88 bits per heavy atom. The van der Waals surface area contributed by atoms with Crippen LogP contribution in [0, 0.1) is 0 Å². The van der Waals surface area contributed by atoms with Crippen LogP contribution in [0.15, 0.2) is 43.0 Å². The lowest BCUT2D eigenvalue weighted by Gasteiger charge is -2.33. The zero-order valence-corrected chi connectivity index (χ0v) is 18.7. The number of aliphatic carboxylic acids is 1. The number of carboxylic acids is 1. The van der Waals surface area contributed by atoms with Crippen LogP contribution in [0.25, 0.3) is 11.2 Å². The minimum Gasteiger partial charge on any atom is -0.479 e. The second kappa shape index (κ2) is 8.61. The normalized spacial score (nSPS) is 27.8. The smallest absolute Gasteiger partial charge is 0.335 e. The van der Waals surface area contributed by atoms with Gasteiger partial charge in [-0.05, 0) is 24.8 Å². The molecule has 2 aliphatic heterocycles. The molecular formula is C24H27N5O5. The molecule has 10 nitrogen and oxygen atoms in total. The van der Waals surface area contributed by atoms with E-state index in [4.69, 9.17) is 14.2 Å². The number of nitrogens with one attached hydrogen (secondary N) is 1. The lowest BCUT2D eigenvalue weighted by atomic mass is 9.94. The molecule has 2 N–H and O–H groups in total. The number of carboxylic acid groups (broad SMARTS) is 1. The van der Waals surface area contributed by atoms with E-state index in [0.29, 0.717) is 23.5 Å². The van der Waals surface area contributed by atoms with Gasteiger partial charge in [0.2, 0.25) is 0 Å². The molecule has 1 aromatic carbocycles. The Hall–Kier alpha value is -3.08. The monoisotopic (exact) mass is 465 g/mol. The van der Waals surface area contributed by atoms with Crippen LogP contribution in [0.5, 0.6) is 0 Å². The van der Waals surface area contributed by atoms with E-state index in [1.54, 1.807) is 10.9 Å². The molecule has 3 aromatic rings. The highest BCUT2D eigenvalue weighted by Gasteiger charge is 2.61. The number of benzene rings is 1. The van der Waals surface area contributed by atoms with Gasteiger partial charge >= 0.3 is 5.97 Å². The van der Waals surface area contributed by atoms with Crippen LogP contribution in [-0.4, -0.2) is 61.2 Å². The van der Waals surface area contributed by atoms with Gasteiger partial charge in [-0.2, -0.15) is 0 Å². The molecule has 178 valence electrons. The molecule has 2 saturated heterocycles. The van der Waals surface area contributed by atoms with Gasteiger partial charge in [0.1, 0.15) is 18.5 Å². The predicted molar refractivity (Wildman–Crippen MR) is 121 cm³/mol. The van der Waals surface area contributed by atoms with Crippen molar-refractivity contribution in [2.24, 2.45) is 0 Å². The number of anilines is 1. The molecule has 0 radical (unpaired) electrons. The summed E-state index contributed by atoms with van der Waals surface area (Å²) in [6, 6.07) is 10.2. The van der Waals surface area contributed by atoms with Crippen LogP contribution in [0.4, 0.5) is 5.82 Å². The van der Waals surface area contributed by atoms with Crippen molar-refractivity contribution < 1.29 is 24.1 Å². The van der Waals surface area contributed by atoms with Crippen molar-refractivity contribution in [1.82, 2.24) is 19.5 Å². The lowest BCUT2D eigenvalue weighted by molar-refractivity contribution is -0.231. The van der Waals surface area contributed by atoms with E-state index in [9.17, 15) is 9.90 Å². The summed E-state index contributed by atoms with van der Waals surface area (Å²) >= 11 is 0. The molecule has 2 aromatic heterocycles. The predicted octanol–water partition coefficient (Wildman–Crippen LogP) is 2.91. The maximum absolute atomic E-state index is 12.0. The Morgan fingerprint density at radius 3 is 2.68 bits per heavy atom. The van der Waals surface area contributed by atoms with Crippen LogP contribution in [0.3, 0.4) is 0 Å². The van der Waals surface area contributed by atoms with E-state index in [1.165, 1.54) is 11.9 Å². The second-order valence-electron chi connectivity index (χ2n) is 9.13. The molecule has 1 spiro atoms. The number of ether oxygens (including phenoxy) is 3. The zero-order valence-electron chi connectivity index (χ0n) is 18.7. The van der Waals surface area contributed by atoms with E-state index < -0.39 is 36.3 Å². The first-order valence-electron chi connectivity index (χ1n) is 11.8. The number of fused-ring (bicyclic) bond motifs is 2. The highest BCUT2D eigenvalue weighted by molar-refractivity contribution is 5.82. The van der Waals surface area contributed by atoms with E-state index in [0.717, 1.165) is 38.5 Å². The van der Waals surface area contributed by atoms with Gasteiger partial charge in [-0.3, -0.25) is 4.57 Å². The van der Waals surface area contributed by atoms with Gasteiger partial charge < -0.3 is 24.6 Å². The summed E-state index contributed by atoms with van der Waals surface area (Å²) in [4.78, 5) is 25.3. The van der Waals surface area contributed by atoms with Crippen LogP contribution in [0.2, 0.25) is 0 Å². The summed E-state index contributed by atoms with van der Waals surface area (Å²) in [5, 5.41) is 13.1. The van der Waals surface area contributed by atoms with E-state index in [-0.39, 0.29) is 0 Å². The molecule has 3 fully saturated rings. The van der Waals surface area contributed by atoms with Crippen molar-refractivity contribution in [2.75, 3.05) is 11.9 Å². The molecule has 6 rings (SSSR count). The zero-order chi connectivity index (χ0) is 23.1. The minimum atomic E-state index is -1.11. The fraction of sp³-hybridized carbons (Fsp3) is 0.500. The molecule has 0 amide bonds. The van der Waals surface area contributed by atoms with Crippen molar-refractivity contribution in [2.45, 2.75) is 68.9 Å². The summed E-state index contributed by atoms with van der Waals surface area (Å²) in [5.74, 6) is -1.16. The fourth-order valence-corrected chi connectivity index (χ4v) is 5.30. The van der Waals surface area contributed by atoms with Crippen molar-refractivity contribution >= 4 is 23.0 Å². The third-order valence-electron chi connectivity index (χ3n) is 6.93. The molecule has 1 saturated carbocycles. The van der Waals surface area contributed by atoms with Crippen LogP contribution >= 0.6 is 0 Å². The van der Waals surface area contributed by atoms with Crippen molar-refractivity contribution in [1.29, 1.82) is 0 Å². The molecule has 2 unspecified atom stereocenters. The number of nitrogens with zero attached hydrogens (tertiary/aromatic N) is 4. The number of rotatable bonds is 6. The quantitative estimate of drug-likeness (QED) is 0.566. The fourth-order valence-electron chi connectivity index (χ4n) is 5.30. The van der Waals surface area contributed by atoms with Crippen molar-refractivity contribution in [3.05, 3.63) is 48.5 Å². The van der Waals surface area contributed by atoms with Crippen LogP contribution in [0.1, 0.15) is 43.9 Å². The van der Waals surface area contributed by atoms with Gasteiger partial charge in [0.25, 0.3) is 0 Å². The number of hydrogen-bond acceptors (Lipinski definition) is 8. The first-order valence-corrected chi connectivity index (χ1v) is 11.8. The molecule has 3 aliphatic rings. The van der Waals surface area contributed by atoms with Gasteiger partial charge in [0.05, 0.1) is 6.33 Å². The average Bonchev–Trinajstić information content (AvgIpc) is 3.52. The SMILES string of the molecule is O=C(O)[C@H]1O[C@@H](n2cnc3c(NCCc4ccccc4)ncnc32)C2OC3(CCCCC3)OC21. The number of imidazole rings is 1. The Labute approximate surface area is 196 Å². The van der Waals surface area contributed by atoms with Crippen LogP contribution < -0.4 is 5.32 Å². The van der Waals surface area contributed by atoms with Crippen molar-refractivity contribution in [3.8, 4) is 0 Å². The van der Waals surface area contributed by atoms with Gasteiger partial charge in [-0.1, -0.05) is 36.8 Å². The topological polar surface area (TPSA) is 121 Å². The highest BCUT2D eigenvalue weighted by atomic mass is 16.8. The number of carbonyl (C=O) groups is 1. The number of aromatic nitrogens is 4. The Morgan fingerprint density at radius 1 is 1.09 bits per heavy atom. The molecule has 1 aliphatic carbocycles. The maximum atomic E-state index is 12.0. The van der Waals surface area contributed by atoms with E-state index in [1.807, 2.05) is 18.2 Å². The molecule has 4 heterocycles. The third kappa shape index (κ3) is 3.71. The summed E-state index contributed by atoms with van der Waals surface area (Å²) in [7, 11) is 0.